The summed E-state index contributed by atoms with van der Waals surface area (Å²) in [5, 5.41) is 28.8. The van der Waals surface area contributed by atoms with E-state index in [4.69, 9.17) is 0 Å². The fraction of sp³-hybridized carbons (Fsp3) is 0.0333. The lowest BCUT2D eigenvalue weighted by molar-refractivity contribution is 0.0605. The van der Waals surface area contributed by atoms with E-state index in [1.165, 1.54) is 0 Å². The quantitative estimate of drug-likeness (QED) is 0.303. The lowest BCUT2D eigenvalue weighted by Gasteiger charge is -2.33. The predicted octanol–water partition coefficient (Wildman–Crippen LogP) is 4.66. The molecule has 0 radical (unpaired) electrons. The van der Waals surface area contributed by atoms with E-state index in [9.17, 15) is 0 Å². The lowest BCUT2D eigenvalue weighted by atomic mass is 9.97. The predicted molar refractivity (Wildman–Crippen MR) is 150 cm³/mol. The zero-order valence-electron chi connectivity index (χ0n) is 20.9. The van der Waals surface area contributed by atoms with Gasteiger partial charge in [0.05, 0.1) is 16.6 Å². The van der Waals surface area contributed by atoms with Crippen LogP contribution in [-0.4, -0.2) is 50.8 Å². The maximum absolute atomic E-state index is 15.4. The van der Waals surface area contributed by atoms with Crippen LogP contribution in [0, 0.1) is 0 Å². The molecule has 0 unspecified atom stereocenters. The Bertz CT molecular complexity index is 2040. The molecule has 3 aromatic heterocycles. The van der Waals surface area contributed by atoms with Gasteiger partial charge in [-0.25, -0.2) is 0 Å². The smallest absolute Gasteiger partial charge is 0.287 e. The fourth-order valence-electron chi connectivity index (χ4n) is 5.46. The van der Waals surface area contributed by atoms with Gasteiger partial charge in [-0.3, -0.25) is 4.79 Å². The minimum atomic E-state index is -1.84. The van der Waals surface area contributed by atoms with Gasteiger partial charge in [-0.1, -0.05) is 94.5 Å². The summed E-state index contributed by atoms with van der Waals surface area (Å²) < 4.78 is 4.73. The Morgan fingerprint density at radius 3 is 1.45 bits per heavy atom. The topological polar surface area (TPSA) is 109 Å². The first-order valence-corrected chi connectivity index (χ1v) is 12.7. The second-order valence-corrected chi connectivity index (χ2v) is 9.46. The molecular weight excluding hydrogens is 502 g/mol. The van der Waals surface area contributed by atoms with Crippen LogP contribution in [-0.2, 0) is 5.79 Å². The first kappa shape index (κ1) is 22.2. The number of Topliss-reactive ketones (excluding diaryl/α,β-unsaturated/α-hetero) is 1. The van der Waals surface area contributed by atoms with Crippen molar-refractivity contribution in [3.05, 3.63) is 121 Å². The average molecular weight is 522 g/mol. The molecule has 0 bridgehead atoms. The SMILES string of the molecule is O=C(c1cccc2ccccc12)C(n1nnc2ccccc21)(n1nnc2ccccc21)n1nnc2ccccc21. The molecule has 0 spiro atoms. The molecule has 40 heavy (non-hydrogen) atoms. The molecule has 8 aromatic rings. The Morgan fingerprint density at radius 2 is 0.925 bits per heavy atom. The lowest BCUT2D eigenvalue weighted by Crippen LogP contribution is -2.56. The van der Waals surface area contributed by atoms with Gasteiger partial charge in [0.1, 0.15) is 16.6 Å². The average Bonchev–Trinajstić information content (AvgIpc) is 3.76. The molecule has 5 aromatic carbocycles. The zero-order chi connectivity index (χ0) is 26.7. The van der Waals surface area contributed by atoms with E-state index in [1.54, 1.807) is 14.0 Å². The number of ketones is 1. The Hall–Kier alpha value is -5.77. The number of hydrogen-bond acceptors (Lipinski definition) is 7. The van der Waals surface area contributed by atoms with Crippen molar-refractivity contribution in [1.29, 1.82) is 0 Å². The normalized spacial score (nSPS) is 12.1. The van der Waals surface area contributed by atoms with Gasteiger partial charge in [-0.05, 0) is 47.2 Å². The highest BCUT2D eigenvalue weighted by Crippen LogP contribution is 2.35. The third kappa shape index (κ3) is 2.95. The molecule has 0 saturated carbocycles. The highest BCUT2D eigenvalue weighted by molar-refractivity contribution is 6.12. The van der Waals surface area contributed by atoms with Crippen molar-refractivity contribution in [3.8, 4) is 0 Å². The minimum Gasteiger partial charge on any atom is -0.287 e. The molecule has 10 heteroatoms. The minimum absolute atomic E-state index is 0.328. The van der Waals surface area contributed by atoms with Gasteiger partial charge in [0, 0.05) is 5.56 Å². The summed E-state index contributed by atoms with van der Waals surface area (Å²) in [6.07, 6.45) is 0. The second-order valence-electron chi connectivity index (χ2n) is 9.46. The molecule has 0 atom stereocenters. The van der Waals surface area contributed by atoms with Crippen molar-refractivity contribution in [1.82, 2.24) is 45.0 Å². The molecule has 0 saturated heterocycles. The number of para-hydroxylation sites is 3. The molecule has 190 valence electrons. The molecule has 0 fully saturated rings. The zero-order valence-corrected chi connectivity index (χ0v) is 20.9. The molecule has 0 aliphatic carbocycles. The Balaban J connectivity index is 1.60. The van der Waals surface area contributed by atoms with Crippen molar-refractivity contribution in [2.75, 3.05) is 0 Å². The number of rotatable bonds is 5. The summed E-state index contributed by atoms with van der Waals surface area (Å²) in [6.45, 7) is 0. The van der Waals surface area contributed by atoms with E-state index in [-0.39, 0.29) is 5.78 Å². The van der Waals surface area contributed by atoms with Gasteiger partial charge in [-0.2, -0.15) is 14.0 Å². The maximum Gasteiger partial charge on any atom is 0.320 e. The number of aromatic nitrogens is 9. The summed E-state index contributed by atoms with van der Waals surface area (Å²) >= 11 is 0. The maximum atomic E-state index is 15.4. The highest BCUT2D eigenvalue weighted by atomic mass is 16.1. The van der Waals surface area contributed by atoms with E-state index in [0.717, 1.165) is 10.8 Å². The first-order chi connectivity index (χ1) is 19.8. The van der Waals surface area contributed by atoms with Crippen molar-refractivity contribution in [3.63, 3.8) is 0 Å². The van der Waals surface area contributed by atoms with E-state index in [1.807, 2.05) is 115 Å². The summed E-state index contributed by atoms with van der Waals surface area (Å²) in [7, 11) is 0. The van der Waals surface area contributed by atoms with Crippen molar-refractivity contribution in [2.45, 2.75) is 5.79 Å². The molecule has 0 amide bonds. The number of benzene rings is 5. The summed E-state index contributed by atoms with van der Waals surface area (Å²) in [6, 6.07) is 35.9. The van der Waals surface area contributed by atoms with Crippen LogP contribution in [0.3, 0.4) is 0 Å². The van der Waals surface area contributed by atoms with Gasteiger partial charge in [0.25, 0.3) is 0 Å². The van der Waals surface area contributed by atoms with Crippen LogP contribution in [0.5, 0.6) is 0 Å². The number of hydrogen-bond donors (Lipinski definition) is 0. The molecular formula is C30H19N9O. The number of nitrogens with zero attached hydrogens (tertiary/aromatic N) is 9. The van der Waals surface area contributed by atoms with E-state index >= 15 is 4.79 Å². The van der Waals surface area contributed by atoms with E-state index in [2.05, 4.69) is 30.9 Å². The van der Waals surface area contributed by atoms with Crippen molar-refractivity contribution < 1.29 is 4.79 Å². The van der Waals surface area contributed by atoms with Gasteiger partial charge in [-0.15, -0.1) is 15.3 Å². The van der Waals surface area contributed by atoms with Crippen LogP contribution < -0.4 is 0 Å². The molecule has 10 nitrogen and oxygen atoms in total. The van der Waals surface area contributed by atoms with Gasteiger partial charge >= 0.3 is 5.79 Å². The summed E-state index contributed by atoms with van der Waals surface area (Å²) in [5.41, 5.74) is 4.18. The Morgan fingerprint density at radius 1 is 0.500 bits per heavy atom. The number of carbonyl (C=O) groups excluding carboxylic acids is 1. The largest absolute Gasteiger partial charge is 0.320 e. The molecule has 8 rings (SSSR count). The van der Waals surface area contributed by atoms with E-state index in [0.29, 0.717) is 38.7 Å². The summed E-state index contributed by atoms with van der Waals surface area (Å²) in [4.78, 5) is 15.4. The third-order valence-electron chi connectivity index (χ3n) is 7.28. The standard InChI is InChI=1S/C30H19N9O/c40-29(22-13-9-11-20-10-1-2-12-21(20)22)30(37-26-17-6-3-14-23(26)31-34-37,38-27-18-7-4-15-24(27)32-35-38)39-28-19-8-5-16-25(28)33-36-39/h1-19H. The van der Waals surface area contributed by atoms with Crippen LogP contribution in [0.25, 0.3) is 43.9 Å². The van der Waals surface area contributed by atoms with Crippen LogP contribution in [0.2, 0.25) is 0 Å². The Kier molecular flexibility index (Phi) is 4.65. The van der Waals surface area contributed by atoms with Crippen LogP contribution in [0.15, 0.2) is 115 Å². The molecule has 0 aliphatic rings. The molecule has 3 heterocycles. The second kappa shape index (κ2) is 8.37. The molecule has 0 N–H and O–H groups in total. The molecule has 0 aliphatic heterocycles. The third-order valence-corrected chi connectivity index (χ3v) is 7.28. The fourth-order valence-corrected chi connectivity index (χ4v) is 5.46. The van der Waals surface area contributed by atoms with Crippen molar-refractivity contribution in [2.24, 2.45) is 0 Å². The first-order valence-electron chi connectivity index (χ1n) is 12.7. The van der Waals surface area contributed by atoms with Crippen LogP contribution >= 0.6 is 0 Å². The highest BCUT2D eigenvalue weighted by Gasteiger charge is 2.51. The van der Waals surface area contributed by atoms with Crippen LogP contribution in [0.1, 0.15) is 10.4 Å². The van der Waals surface area contributed by atoms with Crippen LogP contribution in [0.4, 0.5) is 0 Å². The number of fused-ring (bicyclic) bond motifs is 4. The Labute approximate surface area is 226 Å². The van der Waals surface area contributed by atoms with Crippen molar-refractivity contribution >= 4 is 49.7 Å². The van der Waals surface area contributed by atoms with Gasteiger partial charge in [0.2, 0.25) is 5.78 Å². The van der Waals surface area contributed by atoms with Gasteiger partial charge < -0.3 is 0 Å². The number of carbonyl (C=O) groups is 1. The van der Waals surface area contributed by atoms with E-state index < -0.39 is 5.79 Å². The summed E-state index contributed by atoms with van der Waals surface area (Å²) in [5.74, 6) is -2.17. The van der Waals surface area contributed by atoms with Gasteiger partial charge in [0.15, 0.2) is 0 Å². The monoisotopic (exact) mass is 521 g/mol.